The SMILES string of the molecule is COC(=O)[C@@]1(O[C@@H]2C(C)[C@H](OC(C)=N)OC(COC(=O)c3ccccc3)[C@@H]2O[C@@H]2OC(COC(=O)c3ccccc3)[C@H](C)[C@H](O[C@H]3C[C@@H](C)[C@@H](OC(=O)c4ccccc4)C(COC(=O)c4ccccc4)O3)C2NC(C)=O)CC(C)[C@H](C)[C@H]([C@H](C)[C@@H](COC(C)=O)OC(C)=O)O1. The number of benzene rings is 4. The second-order valence-electron chi connectivity index (χ2n) is 24.6. The molecule has 1 amide bonds. The predicted molar refractivity (Wildman–Crippen MR) is 335 cm³/mol. The van der Waals surface area contributed by atoms with Crippen LogP contribution in [0.25, 0.3) is 0 Å². The molecule has 0 saturated carbocycles. The van der Waals surface area contributed by atoms with Gasteiger partial charge in [-0.05, 0) is 60.4 Å². The average molecular weight is 1320 g/mol. The fourth-order valence-corrected chi connectivity index (χ4v) is 12.3. The molecule has 0 aromatic heterocycles. The molecule has 95 heavy (non-hydrogen) atoms. The van der Waals surface area contributed by atoms with Gasteiger partial charge in [-0.15, -0.1) is 0 Å². The molecule has 4 aliphatic rings. The van der Waals surface area contributed by atoms with Crippen LogP contribution in [0.4, 0.5) is 0 Å². The number of amides is 1. The Hall–Kier alpha value is -8.17. The zero-order chi connectivity index (χ0) is 68.7. The molecule has 4 aromatic rings. The lowest BCUT2D eigenvalue weighted by molar-refractivity contribution is -0.378. The standard InChI is InChI=1S/C70H86N2O23/c1-38-32-56(88-54(36-84-64(77)49-26-18-13-19-27-49)58(38)92-66(79)51-30-22-15-23-31-51)91-60-42(5)53(35-83-63(76)48-24-16-12-17-25-48)89-68(57(60)72-45(8)73)93-62-55(37-85-65(78)50-28-20-14-21-29-50)90-67(86-44(7)71)43(6)61(62)95-70(69(80)81-11)33-39(2)40(3)59(94-70)41(4)52(87-47(10)75)34-82-46(9)74/h12-31,38-43,52-62,67-68,71H,32-37H2,1-11H3,(H,72,73)/t38-,39?,40+,41-,42+,43?,52-,53?,54?,55?,56+,57?,58-,59-,60+,61-,62+,67-,68+,70+/m1/s1. The Labute approximate surface area is 552 Å². The van der Waals surface area contributed by atoms with Crippen molar-refractivity contribution in [3.05, 3.63) is 144 Å². The van der Waals surface area contributed by atoms with Crippen molar-refractivity contribution < 1.29 is 109 Å². The summed E-state index contributed by atoms with van der Waals surface area (Å²) in [5, 5.41) is 11.5. The summed E-state index contributed by atoms with van der Waals surface area (Å²) < 4.78 is 95.4. The van der Waals surface area contributed by atoms with Gasteiger partial charge in [0.05, 0.1) is 53.8 Å². The number of hydrogen-bond acceptors (Lipinski definition) is 24. The summed E-state index contributed by atoms with van der Waals surface area (Å²) in [6, 6.07) is 31.6. The van der Waals surface area contributed by atoms with Crippen molar-refractivity contribution in [2.24, 2.45) is 35.5 Å². The zero-order valence-corrected chi connectivity index (χ0v) is 55.1. The number of esters is 7. The lowest BCUT2D eigenvalue weighted by Gasteiger charge is -2.53. The monoisotopic (exact) mass is 1320 g/mol. The quantitative estimate of drug-likeness (QED) is 0.0275. The first-order chi connectivity index (χ1) is 45.4. The second-order valence-corrected chi connectivity index (χ2v) is 24.6. The van der Waals surface area contributed by atoms with Crippen LogP contribution >= 0.6 is 0 Å². The van der Waals surface area contributed by atoms with E-state index in [0.29, 0.717) is 0 Å². The van der Waals surface area contributed by atoms with Gasteiger partial charge in [-0.3, -0.25) is 19.8 Å². The van der Waals surface area contributed by atoms with Crippen molar-refractivity contribution in [2.45, 2.75) is 168 Å². The maximum Gasteiger partial charge on any atom is 0.366 e. The molecule has 25 heteroatoms. The van der Waals surface area contributed by atoms with Crippen LogP contribution in [0.3, 0.4) is 0 Å². The molecule has 4 fully saturated rings. The van der Waals surface area contributed by atoms with E-state index >= 15 is 0 Å². The van der Waals surface area contributed by atoms with Crippen molar-refractivity contribution in [2.75, 3.05) is 33.5 Å². The van der Waals surface area contributed by atoms with Gasteiger partial charge in [-0.2, -0.15) is 0 Å². The highest BCUT2D eigenvalue weighted by atomic mass is 16.8. The molecule has 4 heterocycles. The normalized spacial score (nSPS) is 30.3. The average Bonchev–Trinajstić information content (AvgIpc) is 0.761. The number of ether oxygens (including phenoxy) is 15. The summed E-state index contributed by atoms with van der Waals surface area (Å²) in [6.45, 7) is 13.9. The Morgan fingerprint density at radius 1 is 0.547 bits per heavy atom. The number of carbonyl (C=O) groups excluding carboxylic acids is 8. The lowest BCUT2D eigenvalue weighted by Crippen LogP contribution is -2.68. The third-order valence-electron chi connectivity index (χ3n) is 17.5. The van der Waals surface area contributed by atoms with E-state index in [1.807, 2.05) is 20.8 Å². The molecule has 2 N–H and O–H groups in total. The van der Waals surface area contributed by atoms with Gasteiger partial charge < -0.3 is 76.4 Å². The summed E-state index contributed by atoms with van der Waals surface area (Å²) in [5.74, 6) is -12.3. The van der Waals surface area contributed by atoms with E-state index in [1.54, 1.807) is 142 Å². The molecule has 6 unspecified atom stereocenters. The van der Waals surface area contributed by atoms with Crippen LogP contribution in [-0.2, 0) is 90.2 Å². The number of hydrogen-bond donors (Lipinski definition) is 2. The van der Waals surface area contributed by atoms with Crippen molar-refractivity contribution in [1.82, 2.24) is 5.32 Å². The van der Waals surface area contributed by atoms with Gasteiger partial charge >= 0.3 is 41.8 Å². The first-order valence-electron chi connectivity index (χ1n) is 31.8. The number of rotatable bonds is 25. The fourth-order valence-electron chi connectivity index (χ4n) is 12.3. The highest BCUT2D eigenvalue weighted by Gasteiger charge is 2.60. The number of carbonyl (C=O) groups is 8. The van der Waals surface area contributed by atoms with E-state index in [-0.39, 0.29) is 53.5 Å². The van der Waals surface area contributed by atoms with E-state index in [9.17, 15) is 38.4 Å². The molecule has 4 aromatic carbocycles. The highest BCUT2D eigenvalue weighted by molar-refractivity contribution is 5.91. The molecular formula is C70H86N2O23. The fraction of sp³-hybridized carbons (Fsp3) is 0.529. The van der Waals surface area contributed by atoms with Gasteiger partial charge in [0.25, 0.3) is 5.79 Å². The van der Waals surface area contributed by atoms with Gasteiger partial charge in [0.2, 0.25) is 12.2 Å². The summed E-state index contributed by atoms with van der Waals surface area (Å²) >= 11 is 0. The van der Waals surface area contributed by atoms with E-state index in [1.165, 1.54) is 27.7 Å². The van der Waals surface area contributed by atoms with Gasteiger partial charge in [0, 0.05) is 64.2 Å². The molecule has 4 aliphatic heterocycles. The Bertz CT molecular complexity index is 3250. The van der Waals surface area contributed by atoms with E-state index in [0.717, 1.165) is 7.11 Å². The topological polar surface area (TPSA) is 311 Å². The molecule has 0 radical (unpaired) electrons. The van der Waals surface area contributed by atoms with Gasteiger partial charge in [0.1, 0.15) is 63.0 Å². The molecule has 0 aliphatic carbocycles. The minimum absolute atomic E-state index is 0.0656. The summed E-state index contributed by atoms with van der Waals surface area (Å²) in [6.07, 6.45) is -15.4. The van der Waals surface area contributed by atoms with Crippen molar-refractivity contribution in [1.29, 1.82) is 5.41 Å². The molecular weight excluding hydrogens is 1240 g/mol. The molecule has 25 nitrogen and oxygen atoms in total. The van der Waals surface area contributed by atoms with Gasteiger partial charge in [-0.1, -0.05) is 114 Å². The lowest BCUT2D eigenvalue weighted by atomic mass is 9.76. The van der Waals surface area contributed by atoms with E-state index < -0.39 is 183 Å². The minimum Gasteiger partial charge on any atom is -0.465 e. The molecule has 20 atom stereocenters. The zero-order valence-electron chi connectivity index (χ0n) is 55.1. The number of nitrogens with one attached hydrogen (secondary N) is 2. The van der Waals surface area contributed by atoms with Crippen LogP contribution in [0.5, 0.6) is 0 Å². The maximum absolute atomic E-state index is 14.9. The summed E-state index contributed by atoms with van der Waals surface area (Å²) in [7, 11) is 1.14. The third-order valence-corrected chi connectivity index (χ3v) is 17.5. The van der Waals surface area contributed by atoms with Crippen LogP contribution in [-0.4, -0.2) is 173 Å². The van der Waals surface area contributed by atoms with Crippen molar-refractivity contribution >= 4 is 53.6 Å². The molecule has 4 saturated heterocycles. The Kier molecular flexibility index (Phi) is 25.6. The maximum atomic E-state index is 14.9. The molecule has 8 rings (SSSR count). The van der Waals surface area contributed by atoms with E-state index in [4.69, 9.17) is 76.5 Å². The smallest absolute Gasteiger partial charge is 0.366 e. The second kappa shape index (κ2) is 33.5. The van der Waals surface area contributed by atoms with Crippen LogP contribution in [0.2, 0.25) is 0 Å². The highest BCUT2D eigenvalue weighted by Crippen LogP contribution is 2.46. The Morgan fingerprint density at radius 3 is 1.53 bits per heavy atom. The predicted octanol–water partition coefficient (Wildman–Crippen LogP) is 7.99. The van der Waals surface area contributed by atoms with Crippen molar-refractivity contribution in [3.8, 4) is 0 Å². The minimum atomic E-state index is -2.34. The van der Waals surface area contributed by atoms with Gasteiger partial charge in [0.15, 0.2) is 18.5 Å². The first-order valence-corrected chi connectivity index (χ1v) is 31.8. The van der Waals surface area contributed by atoms with E-state index in [2.05, 4.69) is 5.32 Å². The molecule has 0 spiro atoms. The summed E-state index contributed by atoms with van der Waals surface area (Å²) in [5.41, 5.74) is 0.930. The Balaban J connectivity index is 1.22. The van der Waals surface area contributed by atoms with Crippen LogP contribution in [0.1, 0.15) is 124 Å². The largest absolute Gasteiger partial charge is 0.465 e. The van der Waals surface area contributed by atoms with Crippen molar-refractivity contribution in [3.63, 3.8) is 0 Å². The van der Waals surface area contributed by atoms with Crippen LogP contribution < -0.4 is 5.32 Å². The van der Waals surface area contributed by atoms with Crippen LogP contribution in [0.15, 0.2) is 121 Å². The Morgan fingerprint density at radius 2 is 1.04 bits per heavy atom. The first kappa shape index (κ1) is 72.7. The van der Waals surface area contributed by atoms with Crippen LogP contribution in [0, 0.1) is 40.9 Å². The summed E-state index contributed by atoms with van der Waals surface area (Å²) in [4.78, 5) is 108. The molecule has 0 bridgehead atoms. The third kappa shape index (κ3) is 18.9. The molecule has 514 valence electrons. The number of methoxy groups -OCH3 is 1. The van der Waals surface area contributed by atoms with Gasteiger partial charge in [-0.25, -0.2) is 24.0 Å².